The average molecular weight is 218 g/mol. The summed E-state index contributed by atoms with van der Waals surface area (Å²) >= 11 is 0. The number of rotatable bonds is 3. The number of hydrogen-bond acceptors (Lipinski definition) is 3. The van der Waals surface area contributed by atoms with Gasteiger partial charge >= 0.3 is 0 Å². The van der Waals surface area contributed by atoms with Gasteiger partial charge in [-0.2, -0.15) is 0 Å². The second kappa shape index (κ2) is 4.00. The minimum Gasteiger partial charge on any atom is -0.371 e. The molecule has 1 aromatic rings. The fourth-order valence-corrected chi connectivity index (χ4v) is 2.12. The molecule has 2 atom stereocenters. The van der Waals surface area contributed by atoms with Gasteiger partial charge in [-0.1, -0.05) is 24.3 Å². The fourth-order valence-electron chi connectivity index (χ4n) is 2.12. The van der Waals surface area contributed by atoms with Crippen LogP contribution < -0.4 is 0 Å². The minimum atomic E-state index is -0.265. The van der Waals surface area contributed by atoms with E-state index in [1.165, 1.54) is 0 Å². The molecule has 1 heterocycles. The lowest BCUT2D eigenvalue weighted by atomic mass is 9.89. The van der Waals surface area contributed by atoms with Gasteiger partial charge in [-0.25, -0.2) is 0 Å². The Hall–Kier alpha value is -1.19. The number of ether oxygens (including phenoxy) is 2. The Morgan fingerprint density at radius 3 is 3.00 bits per heavy atom. The molecule has 0 spiro atoms. The predicted octanol–water partition coefficient (Wildman–Crippen LogP) is 1.60. The van der Waals surface area contributed by atoms with Gasteiger partial charge in [0.25, 0.3) is 0 Å². The first kappa shape index (κ1) is 10.00. The third-order valence-electron chi connectivity index (χ3n) is 3.14. The van der Waals surface area contributed by atoms with Gasteiger partial charge in [-0.05, 0) is 18.4 Å². The Kier molecular flexibility index (Phi) is 2.50. The monoisotopic (exact) mass is 218 g/mol. The topological polar surface area (TPSA) is 38.8 Å². The third-order valence-corrected chi connectivity index (χ3v) is 3.14. The van der Waals surface area contributed by atoms with Crippen molar-refractivity contribution in [3.05, 3.63) is 35.4 Å². The maximum absolute atomic E-state index is 12.1. The van der Waals surface area contributed by atoms with E-state index in [4.69, 9.17) is 9.47 Å². The Labute approximate surface area is 94.4 Å². The van der Waals surface area contributed by atoms with Crippen LogP contribution in [0.3, 0.4) is 0 Å². The van der Waals surface area contributed by atoms with E-state index in [1.807, 2.05) is 24.3 Å². The summed E-state index contributed by atoms with van der Waals surface area (Å²) in [6.45, 7) is 1.33. The molecule has 0 amide bonds. The van der Waals surface area contributed by atoms with Crippen LogP contribution in [0.15, 0.2) is 24.3 Å². The molecule has 3 rings (SSSR count). The SMILES string of the molecule is O=C1c2ccccc2CCC1OCC1CO1. The Balaban J connectivity index is 1.72. The molecule has 3 nitrogen and oxygen atoms in total. The van der Waals surface area contributed by atoms with E-state index in [0.717, 1.165) is 30.6 Å². The molecule has 16 heavy (non-hydrogen) atoms. The Morgan fingerprint density at radius 1 is 1.38 bits per heavy atom. The van der Waals surface area contributed by atoms with Gasteiger partial charge in [0.05, 0.1) is 13.2 Å². The van der Waals surface area contributed by atoms with Crippen LogP contribution in [-0.2, 0) is 15.9 Å². The summed E-state index contributed by atoms with van der Waals surface area (Å²) in [5.74, 6) is 0.127. The molecule has 84 valence electrons. The van der Waals surface area contributed by atoms with Crippen LogP contribution >= 0.6 is 0 Å². The highest BCUT2D eigenvalue weighted by Crippen LogP contribution is 2.24. The second-order valence-electron chi connectivity index (χ2n) is 4.34. The summed E-state index contributed by atoms with van der Waals surface area (Å²) in [5, 5.41) is 0. The van der Waals surface area contributed by atoms with Crippen molar-refractivity contribution in [2.45, 2.75) is 25.0 Å². The molecule has 3 heteroatoms. The summed E-state index contributed by atoms with van der Waals surface area (Å²) in [7, 11) is 0. The number of ketones is 1. The van der Waals surface area contributed by atoms with Crippen molar-refractivity contribution in [2.75, 3.05) is 13.2 Å². The van der Waals surface area contributed by atoms with E-state index in [-0.39, 0.29) is 18.0 Å². The maximum Gasteiger partial charge on any atom is 0.191 e. The Morgan fingerprint density at radius 2 is 2.19 bits per heavy atom. The molecule has 1 fully saturated rings. The molecule has 0 aromatic heterocycles. The van der Waals surface area contributed by atoms with Gasteiger partial charge in [0.2, 0.25) is 0 Å². The number of aryl methyl sites for hydroxylation is 1. The Bertz CT molecular complexity index is 409. The average Bonchev–Trinajstić information content (AvgIpc) is 3.13. The fraction of sp³-hybridized carbons (Fsp3) is 0.462. The molecular formula is C13H14O3. The summed E-state index contributed by atoms with van der Waals surface area (Å²) in [5.41, 5.74) is 1.98. The van der Waals surface area contributed by atoms with Gasteiger partial charge < -0.3 is 9.47 Å². The molecule has 1 aliphatic carbocycles. The first-order valence-electron chi connectivity index (χ1n) is 5.70. The normalized spacial score (nSPS) is 27.6. The molecule has 1 aromatic carbocycles. The lowest BCUT2D eigenvalue weighted by molar-refractivity contribution is 0.0302. The number of hydrogen-bond donors (Lipinski definition) is 0. The van der Waals surface area contributed by atoms with E-state index in [1.54, 1.807) is 0 Å². The highest BCUT2D eigenvalue weighted by atomic mass is 16.6. The number of benzene rings is 1. The molecule has 2 aliphatic rings. The van der Waals surface area contributed by atoms with Crippen LogP contribution in [-0.4, -0.2) is 31.2 Å². The molecule has 1 saturated heterocycles. The van der Waals surface area contributed by atoms with E-state index in [9.17, 15) is 4.79 Å². The number of epoxide rings is 1. The van der Waals surface area contributed by atoms with Crippen LogP contribution in [0.2, 0.25) is 0 Å². The van der Waals surface area contributed by atoms with Gasteiger partial charge in [-0.15, -0.1) is 0 Å². The van der Waals surface area contributed by atoms with Crippen LogP contribution in [0.5, 0.6) is 0 Å². The van der Waals surface area contributed by atoms with E-state index in [2.05, 4.69) is 0 Å². The van der Waals surface area contributed by atoms with Gasteiger partial charge in [0.1, 0.15) is 12.2 Å². The molecule has 1 aliphatic heterocycles. The quantitative estimate of drug-likeness (QED) is 0.723. The zero-order valence-electron chi connectivity index (χ0n) is 9.02. The van der Waals surface area contributed by atoms with Crippen molar-refractivity contribution in [1.82, 2.24) is 0 Å². The molecule has 0 saturated carbocycles. The lowest BCUT2D eigenvalue weighted by Gasteiger charge is -2.23. The highest BCUT2D eigenvalue weighted by Gasteiger charge is 2.30. The number of carbonyl (C=O) groups excluding carboxylic acids is 1. The van der Waals surface area contributed by atoms with E-state index >= 15 is 0 Å². The summed E-state index contributed by atoms with van der Waals surface area (Å²) in [6.07, 6.45) is 1.68. The molecule has 0 N–H and O–H groups in total. The van der Waals surface area contributed by atoms with Crippen molar-refractivity contribution < 1.29 is 14.3 Å². The first-order valence-corrected chi connectivity index (χ1v) is 5.70. The smallest absolute Gasteiger partial charge is 0.191 e. The minimum absolute atomic E-state index is 0.127. The molecule has 0 bridgehead atoms. The summed E-state index contributed by atoms with van der Waals surface area (Å²) < 4.78 is 10.7. The van der Waals surface area contributed by atoms with Crippen molar-refractivity contribution in [1.29, 1.82) is 0 Å². The van der Waals surface area contributed by atoms with Crippen LogP contribution in [0.4, 0.5) is 0 Å². The van der Waals surface area contributed by atoms with Crippen molar-refractivity contribution in [3.63, 3.8) is 0 Å². The maximum atomic E-state index is 12.1. The van der Waals surface area contributed by atoms with Crippen molar-refractivity contribution in [3.8, 4) is 0 Å². The molecule has 2 unspecified atom stereocenters. The highest BCUT2D eigenvalue weighted by molar-refractivity contribution is 6.01. The second-order valence-corrected chi connectivity index (χ2v) is 4.34. The van der Waals surface area contributed by atoms with E-state index < -0.39 is 0 Å². The zero-order chi connectivity index (χ0) is 11.0. The van der Waals surface area contributed by atoms with Crippen LogP contribution in [0.1, 0.15) is 22.3 Å². The number of fused-ring (bicyclic) bond motifs is 1. The number of Topliss-reactive ketones (excluding diaryl/α,β-unsaturated/α-hetero) is 1. The van der Waals surface area contributed by atoms with Crippen molar-refractivity contribution in [2.24, 2.45) is 0 Å². The van der Waals surface area contributed by atoms with Crippen molar-refractivity contribution >= 4 is 5.78 Å². The predicted molar refractivity (Wildman–Crippen MR) is 58.6 cm³/mol. The van der Waals surface area contributed by atoms with Crippen LogP contribution in [0.25, 0.3) is 0 Å². The van der Waals surface area contributed by atoms with Gasteiger partial charge in [0.15, 0.2) is 5.78 Å². The van der Waals surface area contributed by atoms with E-state index in [0.29, 0.717) is 6.61 Å². The molecule has 0 radical (unpaired) electrons. The summed E-state index contributed by atoms with van der Waals surface area (Å²) in [6, 6.07) is 7.79. The zero-order valence-corrected chi connectivity index (χ0v) is 9.02. The number of carbonyl (C=O) groups is 1. The van der Waals surface area contributed by atoms with Crippen LogP contribution in [0, 0.1) is 0 Å². The standard InChI is InChI=1S/C13H14O3/c14-13-11-4-2-1-3-9(11)5-6-12(13)16-8-10-7-15-10/h1-4,10,12H,5-8H2. The molecular weight excluding hydrogens is 204 g/mol. The van der Waals surface area contributed by atoms with Gasteiger partial charge in [0, 0.05) is 5.56 Å². The largest absolute Gasteiger partial charge is 0.371 e. The lowest BCUT2D eigenvalue weighted by Crippen LogP contribution is -2.31. The third kappa shape index (κ3) is 1.88. The van der Waals surface area contributed by atoms with Gasteiger partial charge in [-0.3, -0.25) is 4.79 Å². The summed E-state index contributed by atoms with van der Waals surface area (Å²) in [4.78, 5) is 12.1. The first-order chi connectivity index (χ1) is 7.84.